The molecule has 2 aromatic carbocycles. The molecule has 0 aromatic heterocycles. The summed E-state index contributed by atoms with van der Waals surface area (Å²) in [5, 5.41) is 16.9. The monoisotopic (exact) mass is 529 g/mol. The minimum Gasteiger partial charge on any atom is -0.379 e. The SMILES string of the molecule is CC1CCN(c2ccc(NC(=O)c3ccc(Cl)c([N+](=O)[O-])c3)cc2C(=O)NCCN2CCOCC2)CC1. The Hall–Kier alpha value is -3.21. The standard InChI is InChI=1S/C26H32ClN5O5/c1-18-6-9-31(10-7-18)23-5-3-20(29-25(33)19-2-4-22(27)24(16-19)32(35)36)17-21(23)26(34)28-8-11-30-12-14-37-15-13-30/h2-5,16-18H,6-15H2,1H3,(H,28,34)(H,29,33). The Morgan fingerprint density at radius 1 is 1.08 bits per heavy atom. The molecule has 2 heterocycles. The first-order valence-corrected chi connectivity index (χ1v) is 12.9. The molecule has 0 atom stereocenters. The highest BCUT2D eigenvalue weighted by molar-refractivity contribution is 6.32. The van der Waals surface area contributed by atoms with Crippen LogP contribution >= 0.6 is 11.6 Å². The summed E-state index contributed by atoms with van der Waals surface area (Å²) in [6, 6.07) is 9.16. The molecule has 0 unspecified atom stereocenters. The van der Waals surface area contributed by atoms with E-state index in [4.69, 9.17) is 16.3 Å². The first-order valence-electron chi connectivity index (χ1n) is 12.5. The zero-order valence-electron chi connectivity index (χ0n) is 20.9. The van der Waals surface area contributed by atoms with E-state index in [0.29, 0.717) is 36.9 Å². The second-order valence-corrected chi connectivity index (χ2v) is 9.90. The number of morpholine rings is 1. The molecule has 0 aliphatic carbocycles. The molecule has 2 aliphatic heterocycles. The zero-order chi connectivity index (χ0) is 26.4. The second kappa shape index (κ2) is 12.4. The van der Waals surface area contributed by atoms with Crippen molar-refractivity contribution in [3.05, 3.63) is 62.7 Å². The van der Waals surface area contributed by atoms with Crippen molar-refractivity contribution in [3.63, 3.8) is 0 Å². The topological polar surface area (TPSA) is 117 Å². The molecule has 2 amide bonds. The van der Waals surface area contributed by atoms with E-state index in [2.05, 4.69) is 27.4 Å². The van der Waals surface area contributed by atoms with Crippen LogP contribution < -0.4 is 15.5 Å². The van der Waals surface area contributed by atoms with Crippen molar-refractivity contribution in [1.82, 2.24) is 10.2 Å². The smallest absolute Gasteiger partial charge is 0.288 e. The lowest BCUT2D eigenvalue weighted by Crippen LogP contribution is -2.41. The van der Waals surface area contributed by atoms with Crippen LogP contribution in [0.5, 0.6) is 0 Å². The van der Waals surface area contributed by atoms with Gasteiger partial charge in [0.15, 0.2) is 0 Å². The quantitative estimate of drug-likeness (QED) is 0.394. The van der Waals surface area contributed by atoms with Crippen LogP contribution in [-0.4, -0.2) is 74.1 Å². The van der Waals surface area contributed by atoms with Gasteiger partial charge in [-0.3, -0.25) is 24.6 Å². The molecule has 2 aromatic rings. The first kappa shape index (κ1) is 26.8. The van der Waals surface area contributed by atoms with Gasteiger partial charge in [-0.2, -0.15) is 0 Å². The van der Waals surface area contributed by atoms with E-state index in [1.54, 1.807) is 12.1 Å². The van der Waals surface area contributed by atoms with Crippen molar-refractivity contribution in [2.24, 2.45) is 5.92 Å². The molecule has 2 fully saturated rings. The average Bonchev–Trinajstić information content (AvgIpc) is 2.90. The van der Waals surface area contributed by atoms with Gasteiger partial charge in [-0.15, -0.1) is 0 Å². The number of nitro groups is 1. The van der Waals surface area contributed by atoms with Gasteiger partial charge < -0.3 is 20.3 Å². The minimum atomic E-state index is -0.632. The highest BCUT2D eigenvalue weighted by atomic mass is 35.5. The van der Waals surface area contributed by atoms with Gasteiger partial charge in [0.25, 0.3) is 17.5 Å². The van der Waals surface area contributed by atoms with Gasteiger partial charge in [-0.25, -0.2) is 0 Å². The summed E-state index contributed by atoms with van der Waals surface area (Å²) in [6.07, 6.45) is 2.10. The number of benzene rings is 2. The number of nitrogens with zero attached hydrogens (tertiary/aromatic N) is 3. The van der Waals surface area contributed by atoms with Crippen molar-refractivity contribution in [3.8, 4) is 0 Å². The van der Waals surface area contributed by atoms with Gasteiger partial charge in [0, 0.05) is 62.3 Å². The van der Waals surface area contributed by atoms with E-state index in [1.165, 1.54) is 12.1 Å². The summed E-state index contributed by atoms with van der Waals surface area (Å²) >= 11 is 5.87. The fourth-order valence-corrected chi connectivity index (χ4v) is 4.75. The maximum Gasteiger partial charge on any atom is 0.288 e. The Morgan fingerprint density at radius 2 is 1.81 bits per heavy atom. The number of nitrogens with one attached hydrogen (secondary N) is 2. The summed E-state index contributed by atoms with van der Waals surface area (Å²) in [6.45, 7) is 8.27. The maximum absolute atomic E-state index is 13.3. The van der Waals surface area contributed by atoms with Crippen LogP contribution in [0.15, 0.2) is 36.4 Å². The highest BCUT2D eigenvalue weighted by Crippen LogP contribution is 2.30. The Kier molecular flexibility index (Phi) is 8.96. The molecule has 4 rings (SSSR count). The predicted octanol–water partition coefficient (Wildman–Crippen LogP) is 3.80. The maximum atomic E-state index is 13.3. The van der Waals surface area contributed by atoms with E-state index in [-0.39, 0.29) is 22.2 Å². The molecule has 0 saturated carbocycles. The van der Waals surface area contributed by atoms with E-state index in [0.717, 1.165) is 57.3 Å². The number of halogens is 1. The third-order valence-corrected chi connectivity index (χ3v) is 7.17. The lowest BCUT2D eigenvalue weighted by atomic mass is 9.97. The molecule has 0 radical (unpaired) electrons. The fourth-order valence-electron chi connectivity index (χ4n) is 4.57. The molecule has 0 bridgehead atoms. The Bertz CT molecular complexity index is 1150. The van der Waals surface area contributed by atoms with Crippen LogP contribution in [0.1, 0.15) is 40.5 Å². The molecule has 2 saturated heterocycles. The first-order chi connectivity index (χ1) is 17.8. The molecule has 0 spiro atoms. The van der Waals surface area contributed by atoms with Crippen molar-refractivity contribution in [2.45, 2.75) is 19.8 Å². The fraction of sp³-hybridized carbons (Fsp3) is 0.462. The molecule has 11 heteroatoms. The molecule has 10 nitrogen and oxygen atoms in total. The third-order valence-electron chi connectivity index (χ3n) is 6.85. The number of ether oxygens (including phenoxy) is 1. The van der Waals surface area contributed by atoms with Crippen LogP contribution in [0.4, 0.5) is 17.1 Å². The van der Waals surface area contributed by atoms with E-state index in [1.807, 2.05) is 6.07 Å². The molecule has 198 valence electrons. The Morgan fingerprint density at radius 3 is 2.51 bits per heavy atom. The number of hydrogen-bond donors (Lipinski definition) is 2. The van der Waals surface area contributed by atoms with Gasteiger partial charge in [0.2, 0.25) is 0 Å². The largest absolute Gasteiger partial charge is 0.379 e. The highest BCUT2D eigenvalue weighted by Gasteiger charge is 2.23. The van der Waals surface area contributed by atoms with Crippen molar-refractivity contribution in [1.29, 1.82) is 0 Å². The van der Waals surface area contributed by atoms with E-state index in [9.17, 15) is 19.7 Å². The van der Waals surface area contributed by atoms with Crippen LogP contribution in [0.25, 0.3) is 0 Å². The summed E-state index contributed by atoms with van der Waals surface area (Å²) in [5.74, 6) is -0.0952. The van der Waals surface area contributed by atoms with Crippen LogP contribution in [0.3, 0.4) is 0 Å². The van der Waals surface area contributed by atoms with E-state index >= 15 is 0 Å². The Labute approximate surface area is 221 Å². The van der Waals surface area contributed by atoms with Gasteiger partial charge >= 0.3 is 0 Å². The van der Waals surface area contributed by atoms with Crippen molar-refractivity contribution < 1.29 is 19.2 Å². The zero-order valence-corrected chi connectivity index (χ0v) is 21.6. The van der Waals surface area contributed by atoms with Gasteiger partial charge in [0.05, 0.1) is 23.7 Å². The average molecular weight is 530 g/mol. The van der Waals surface area contributed by atoms with E-state index < -0.39 is 10.8 Å². The lowest BCUT2D eigenvalue weighted by molar-refractivity contribution is -0.384. The predicted molar refractivity (Wildman–Crippen MR) is 143 cm³/mol. The lowest BCUT2D eigenvalue weighted by Gasteiger charge is -2.33. The van der Waals surface area contributed by atoms with Gasteiger partial charge in [-0.1, -0.05) is 18.5 Å². The number of hydrogen-bond acceptors (Lipinski definition) is 7. The number of anilines is 2. The normalized spacial score (nSPS) is 16.9. The van der Waals surface area contributed by atoms with Gasteiger partial charge in [0.1, 0.15) is 5.02 Å². The van der Waals surface area contributed by atoms with Crippen molar-refractivity contribution in [2.75, 3.05) is 62.7 Å². The van der Waals surface area contributed by atoms with Crippen molar-refractivity contribution >= 4 is 40.5 Å². The molecular formula is C26H32ClN5O5. The summed E-state index contributed by atoms with van der Waals surface area (Å²) < 4.78 is 5.38. The summed E-state index contributed by atoms with van der Waals surface area (Å²) in [4.78, 5) is 41.2. The van der Waals surface area contributed by atoms with Gasteiger partial charge in [-0.05, 0) is 49.1 Å². The summed E-state index contributed by atoms with van der Waals surface area (Å²) in [5.41, 5.74) is 1.49. The molecular weight excluding hydrogens is 498 g/mol. The number of carbonyl (C=O) groups is 2. The molecule has 2 N–H and O–H groups in total. The third kappa shape index (κ3) is 6.97. The summed E-state index contributed by atoms with van der Waals surface area (Å²) in [7, 11) is 0. The number of piperidine rings is 1. The second-order valence-electron chi connectivity index (χ2n) is 9.49. The number of amides is 2. The number of nitro benzene ring substituents is 1. The van der Waals surface area contributed by atoms with Crippen LogP contribution in [0.2, 0.25) is 5.02 Å². The van der Waals surface area contributed by atoms with Crippen LogP contribution in [-0.2, 0) is 4.74 Å². The number of rotatable bonds is 8. The molecule has 2 aliphatic rings. The number of carbonyl (C=O) groups excluding carboxylic acids is 2. The Balaban J connectivity index is 1.51. The molecule has 37 heavy (non-hydrogen) atoms. The van der Waals surface area contributed by atoms with Crippen LogP contribution in [0, 0.1) is 16.0 Å². The minimum absolute atomic E-state index is 0.0437.